The molecule has 0 aliphatic rings. The fraction of sp³-hybridized carbons (Fsp3) is 0.304. The number of hydrogen-bond donors (Lipinski definition) is 2. The Kier molecular flexibility index (Phi) is 8.23. The minimum absolute atomic E-state index is 0.244. The lowest BCUT2D eigenvalue weighted by molar-refractivity contribution is 0.287. The number of nitrogens with zero attached hydrogens (tertiary/aromatic N) is 2. The van der Waals surface area contributed by atoms with Gasteiger partial charge in [0.15, 0.2) is 22.4 Å². The van der Waals surface area contributed by atoms with Gasteiger partial charge in [0.1, 0.15) is 5.82 Å². The van der Waals surface area contributed by atoms with Gasteiger partial charge in [-0.05, 0) is 56.2 Å². The molecule has 0 amide bonds. The van der Waals surface area contributed by atoms with Gasteiger partial charge in [-0.3, -0.25) is 4.68 Å². The summed E-state index contributed by atoms with van der Waals surface area (Å²) < 4.78 is 26.7. The largest absolute Gasteiger partial charge is 0.490 e. The van der Waals surface area contributed by atoms with E-state index in [0.29, 0.717) is 42.8 Å². The van der Waals surface area contributed by atoms with Crippen LogP contribution in [0.5, 0.6) is 11.5 Å². The highest BCUT2D eigenvalue weighted by molar-refractivity contribution is 7.80. The molecule has 1 aromatic heterocycles. The summed E-state index contributed by atoms with van der Waals surface area (Å²) in [7, 11) is 0. The van der Waals surface area contributed by atoms with Gasteiger partial charge in [0.2, 0.25) is 0 Å². The van der Waals surface area contributed by atoms with Crippen molar-refractivity contribution in [2.45, 2.75) is 26.8 Å². The molecule has 3 rings (SSSR count). The number of thiocarbonyl (C=S) groups is 1. The van der Waals surface area contributed by atoms with Gasteiger partial charge in [0.25, 0.3) is 0 Å². The maximum atomic E-state index is 13.8. The number of ether oxygens (including phenoxy) is 2. The fourth-order valence-electron chi connectivity index (χ4n) is 3.05. The summed E-state index contributed by atoms with van der Waals surface area (Å²) in [5.74, 6) is 1.87. The van der Waals surface area contributed by atoms with Crippen molar-refractivity contribution < 1.29 is 13.9 Å². The second-order valence-electron chi connectivity index (χ2n) is 6.77. The van der Waals surface area contributed by atoms with Crippen molar-refractivity contribution in [3.63, 3.8) is 0 Å². The van der Waals surface area contributed by atoms with E-state index in [1.807, 2.05) is 38.1 Å². The molecule has 8 heteroatoms. The zero-order valence-electron chi connectivity index (χ0n) is 17.7. The van der Waals surface area contributed by atoms with Gasteiger partial charge < -0.3 is 20.1 Å². The lowest BCUT2D eigenvalue weighted by Gasteiger charge is -2.13. The highest BCUT2D eigenvalue weighted by Crippen LogP contribution is 2.28. The first-order valence-electron chi connectivity index (χ1n) is 10.3. The molecule has 0 bridgehead atoms. The summed E-state index contributed by atoms with van der Waals surface area (Å²) in [6.07, 6.45) is 2.56. The van der Waals surface area contributed by atoms with Crippen LogP contribution in [-0.2, 0) is 13.0 Å². The minimum Gasteiger partial charge on any atom is -0.490 e. The lowest BCUT2D eigenvalue weighted by Crippen LogP contribution is -2.30. The predicted octanol–water partition coefficient (Wildman–Crippen LogP) is 4.40. The molecule has 0 fully saturated rings. The van der Waals surface area contributed by atoms with Crippen LogP contribution < -0.4 is 20.1 Å². The van der Waals surface area contributed by atoms with Gasteiger partial charge in [-0.1, -0.05) is 24.3 Å². The Labute approximate surface area is 187 Å². The molecule has 0 saturated carbocycles. The van der Waals surface area contributed by atoms with E-state index < -0.39 is 0 Å². The van der Waals surface area contributed by atoms with Crippen molar-refractivity contribution >= 4 is 23.1 Å². The SMILES string of the molecule is CCOc1ccc(CCNC(=S)Nc2ccn(Cc3ccccc3F)n2)cc1OCC. The quantitative estimate of drug-likeness (QED) is 0.454. The number of benzene rings is 2. The van der Waals surface area contributed by atoms with Gasteiger partial charge in [0, 0.05) is 24.4 Å². The van der Waals surface area contributed by atoms with Crippen LogP contribution in [0.3, 0.4) is 0 Å². The fourth-order valence-corrected chi connectivity index (χ4v) is 3.26. The van der Waals surface area contributed by atoms with E-state index in [4.69, 9.17) is 21.7 Å². The van der Waals surface area contributed by atoms with Crippen molar-refractivity contribution in [3.8, 4) is 11.5 Å². The van der Waals surface area contributed by atoms with Crippen molar-refractivity contribution in [2.24, 2.45) is 0 Å². The molecule has 0 aliphatic heterocycles. The summed E-state index contributed by atoms with van der Waals surface area (Å²) in [4.78, 5) is 0. The first-order valence-corrected chi connectivity index (χ1v) is 10.7. The molecule has 0 radical (unpaired) electrons. The Hall–Kier alpha value is -3.13. The van der Waals surface area contributed by atoms with Crippen molar-refractivity contribution in [2.75, 3.05) is 25.1 Å². The number of halogens is 1. The molecule has 164 valence electrons. The Balaban J connectivity index is 1.48. The van der Waals surface area contributed by atoms with Crippen LogP contribution in [0.15, 0.2) is 54.7 Å². The number of rotatable bonds is 10. The van der Waals surface area contributed by atoms with Crippen molar-refractivity contribution in [1.82, 2.24) is 15.1 Å². The maximum Gasteiger partial charge on any atom is 0.172 e. The summed E-state index contributed by atoms with van der Waals surface area (Å²) >= 11 is 5.36. The zero-order valence-corrected chi connectivity index (χ0v) is 18.5. The molecule has 0 saturated heterocycles. The molecule has 0 unspecified atom stereocenters. The average molecular weight is 443 g/mol. The minimum atomic E-state index is -0.244. The summed E-state index contributed by atoms with van der Waals surface area (Å²) in [5.41, 5.74) is 1.70. The molecule has 2 aromatic carbocycles. The molecule has 0 aliphatic carbocycles. The summed E-state index contributed by atoms with van der Waals surface area (Å²) in [5, 5.41) is 11.1. The van der Waals surface area contributed by atoms with E-state index in [1.54, 1.807) is 29.1 Å². The Morgan fingerprint density at radius 3 is 2.61 bits per heavy atom. The van der Waals surface area contributed by atoms with E-state index in [0.717, 1.165) is 23.5 Å². The van der Waals surface area contributed by atoms with E-state index in [1.165, 1.54) is 6.07 Å². The van der Waals surface area contributed by atoms with E-state index in [-0.39, 0.29) is 5.82 Å². The number of anilines is 1. The van der Waals surface area contributed by atoms with Crippen LogP contribution in [0, 0.1) is 5.82 Å². The van der Waals surface area contributed by atoms with Crippen LogP contribution in [0.25, 0.3) is 0 Å². The van der Waals surface area contributed by atoms with Gasteiger partial charge in [0.05, 0.1) is 19.8 Å². The highest BCUT2D eigenvalue weighted by Gasteiger charge is 2.08. The third-order valence-corrected chi connectivity index (χ3v) is 4.73. The van der Waals surface area contributed by atoms with Gasteiger partial charge in [-0.2, -0.15) is 5.10 Å². The van der Waals surface area contributed by atoms with Crippen molar-refractivity contribution in [3.05, 3.63) is 71.7 Å². The molecule has 31 heavy (non-hydrogen) atoms. The normalized spacial score (nSPS) is 10.5. The monoisotopic (exact) mass is 442 g/mol. The smallest absolute Gasteiger partial charge is 0.172 e. The van der Waals surface area contributed by atoms with Gasteiger partial charge in [-0.25, -0.2) is 4.39 Å². The first-order chi connectivity index (χ1) is 15.1. The van der Waals surface area contributed by atoms with Crippen LogP contribution >= 0.6 is 12.2 Å². The zero-order chi connectivity index (χ0) is 22.1. The van der Waals surface area contributed by atoms with Crippen LogP contribution in [0.4, 0.5) is 10.2 Å². The van der Waals surface area contributed by atoms with Crippen LogP contribution in [-0.4, -0.2) is 34.7 Å². The third-order valence-electron chi connectivity index (χ3n) is 4.48. The maximum absolute atomic E-state index is 13.8. The van der Waals surface area contributed by atoms with Gasteiger partial charge in [-0.15, -0.1) is 0 Å². The molecule has 0 spiro atoms. The Morgan fingerprint density at radius 2 is 1.84 bits per heavy atom. The van der Waals surface area contributed by atoms with E-state index in [9.17, 15) is 4.39 Å². The molecule has 1 heterocycles. The molecule has 0 atom stereocenters. The van der Waals surface area contributed by atoms with Crippen molar-refractivity contribution in [1.29, 1.82) is 0 Å². The second-order valence-corrected chi connectivity index (χ2v) is 7.18. The standard InChI is InChI=1S/C23H27FN4O2S/c1-3-29-20-10-9-17(15-21(20)30-4-2)11-13-25-23(31)26-22-12-14-28(27-22)16-18-7-5-6-8-19(18)24/h5-10,12,14-15H,3-4,11,13,16H2,1-2H3,(H2,25,26,27,31). The molecular formula is C23H27FN4O2S. The van der Waals surface area contributed by atoms with Crippen LogP contribution in [0.2, 0.25) is 0 Å². The predicted molar refractivity (Wildman–Crippen MR) is 124 cm³/mol. The third kappa shape index (κ3) is 6.68. The Morgan fingerprint density at radius 1 is 1.06 bits per heavy atom. The first kappa shape index (κ1) is 22.6. The molecule has 6 nitrogen and oxygen atoms in total. The topological polar surface area (TPSA) is 60.3 Å². The molecule has 2 N–H and O–H groups in total. The van der Waals surface area contributed by atoms with E-state index >= 15 is 0 Å². The number of hydrogen-bond acceptors (Lipinski definition) is 4. The van der Waals surface area contributed by atoms with Gasteiger partial charge >= 0.3 is 0 Å². The van der Waals surface area contributed by atoms with E-state index in [2.05, 4.69) is 15.7 Å². The average Bonchev–Trinajstić information content (AvgIpc) is 3.18. The summed E-state index contributed by atoms with van der Waals surface area (Å²) in [6.45, 7) is 6.09. The molecule has 3 aromatic rings. The highest BCUT2D eigenvalue weighted by atomic mass is 32.1. The number of nitrogens with one attached hydrogen (secondary N) is 2. The molecular weight excluding hydrogens is 415 g/mol. The second kappa shape index (κ2) is 11.3. The van der Waals surface area contributed by atoms with Crippen LogP contribution in [0.1, 0.15) is 25.0 Å². The lowest BCUT2D eigenvalue weighted by atomic mass is 10.1. The Bertz CT molecular complexity index is 1010. The number of aromatic nitrogens is 2. The summed E-state index contributed by atoms with van der Waals surface area (Å²) in [6, 6.07) is 14.4.